The van der Waals surface area contributed by atoms with Crippen LogP contribution in [0.5, 0.6) is 11.6 Å². The highest BCUT2D eigenvalue weighted by Gasteiger charge is 2.28. The zero-order valence-electron chi connectivity index (χ0n) is 19.9. The molecule has 0 atom stereocenters. The first-order valence-corrected chi connectivity index (χ1v) is 12.7. The van der Waals surface area contributed by atoms with Gasteiger partial charge in [0, 0.05) is 33.5 Å². The number of amides is 2. The first-order chi connectivity index (χ1) is 18.6. The van der Waals surface area contributed by atoms with E-state index >= 15 is 4.39 Å². The third kappa shape index (κ3) is 4.42. The van der Waals surface area contributed by atoms with Gasteiger partial charge in [0.05, 0.1) is 17.8 Å². The Bertz CT molecular complexity index is 1670. The topological polar surface area (TPSA) is 71.5 Å². The second-order valence-electron chi connectivity index (χ2n) is 8.60. The number of benzene rings is 3. The van der Waals surface area contributed by atoms with Gasteiger partial charge < -0.3 is 15.0 Å². The van der Waals surface area contributed by atoms with Crippen LogP contribution >= 0.6 is 11.3 Å². The Morgan fingerprint density at radius 1 is 0.921 bits per heavy atom. The molecule has 0 bridgehead atoms. The van der Waals surface area contributed by atoms with Gasteiger partial charge in [0.15, 0.2) is 5.75 Å². The Kier molecular flexibility index (Phi) is 6.15. The van der Waals surface area contributed by atoms with Crippen LogP contribution in [-0.4, -0.2) is 16.8 Å². The summed E-state index contributed by atoms with van der Waals surface area (Å²) in [6.45, 7) is 0.163. The van der Waals surface area contributed by atoms with Crippen molar-refractivity contribution in [3.05, 3.63) is 125 Å². The third-order valence-electron chi connectivity index (χ3n) is 6.20. The molecule has 0 spiro atoms. The molecule has 0 saturated heterocycles. The normalized spacial score (nSPS) is 12.1. The number of hydrogen-bond acceptors (Lipinski definition) is 5. The summed E-state index contributed by atoms with van der Waals surface area (Å²) < 4.78 is 21.3. The summed E-state index contributed by atoms with van der Waals surface area (Å²) in [6.07, 6.45) is 1.62. The van der Waals surface area contributed by atoms with Gasteiger partial charge in [-0.3, -0.25) is 9.59 Å². The molecule has 1 aliphatic rings. The zero-order valence-corrected chi connectivity index (χ0v) is 20.7. The van der Waals surface area contributed by atoms with Crippen LogP contribution in [0.2, 0.25) is 0 Å². The lowest BCUT2D eigenvalue weighted by Gasteiger charge is -2.22. The predicted molar refractivity (Wildman–Crippen MR) is 145 cm³/mol. The Morgan fingerprint density at radius 2 is 1.76 bits per heavy atom. The smallest absolute Gasteiger partial charge is 0.261 e. The highest BCUT2D eigenvalue weighted by molar-refractivity contribution is 7.13. The average molecular weight is 522 g/mol. The van der Waals surface area contributed by atoms with Crippen LogP contribution in [0.15, 0.2) is 103 Å². The summed E-state index contributed by atoms with van der Waals surface area (Å²) in [7, 11) is 0. The van der Waals surface area contributed by atoms with Crippen LogP contribution in [0.4, 0.5) is 15.8 Å². The van der Waals surface area contributed by atoms with Gasteiger partial charge in [-0.15, -0.1) is 11.3 Å². The van der Waals surface area contributed by atoms with Crippen LogP contribution < -0.4 is 15.0 Å². The lowest BCUT2D eigenvalue weighted by molar-refractivity contribution is 0.0980. The standard InChI is InChI=1S/C30H20FN3O3S/c31-24-17-20(33-28(35)22-9-2-1-8-21(22)27-12-6-16-38-27)13-14-23(24)30(36)34-18-19-7-5-15-32-29(19)37-26-11-4-3-10-25(26)34/h1-17H,18H2,(H,33,35). The number of rotatable bonds is 4. The number of para-hydroxylation sites is 2. The second-order valence-corrected chi connectivity index (χ2v) is 9.55. The van der Waals surface area contributed by atoms with E-state index in [0.29, 0.717) is 28.4 Å². The zero-order chi connectivity index (χ0) is 26.1. The highest BCUT2D eigenvalue weighted by atomic mass is 32.1. The number of nitrogens with zero attached hydrogens (tertiary/aromatic N) is 2. The minimum absolute atomic E-state index is 0.121. The molecule has 6 rings (SSSR count). The molecule has 38 heavy (non-hydrogen) atoms. The van der Waals surface area contributed by atoms with Gasteiger partial charge in [-0.25, -0.2) is 9.37 Å². The van der Waals surface area contributed by atoms with Gasteiger partial charge in [-0.05, 0) is 53.9 Å². The van der Waals surface area contributed by atoms with Gasteiger partial charge >= 0.3 is 0 Å². The quantitative estimate of drug-likeness (QED) is 0.273. The van der Waals surface area contributed by atoms with Crippen molar-refractivity contribution in [1.82, 2.24) is 4.98 Å². The van der Waals surface area contributed by atoms with Crippen molar-refractivity contribution >= 4 is 34.5 Å². The Morgan fingerprint density at radius 3 is 2.61 bits per heavy atom. The number of halogens is 1. The number of carbonyl (C=O) groups is 2. The summed E-state index contributed by atoms with van der Waals surface area (Å²) >= 11 is 1.53. The van der Waals surface area contributed by atoms with Crippen molar-refractivity contribution < 1.29 is 18.7 Å². The number of hydrogen-bond donors (Lipinski definition) is 1. The molecule has 0 saturated carbocycles. The lowest BCUT2D eigenvalue weighted by Crippen LogP contribution is -2.30. The van der Waals surface area contributed by atoms with Gasteiger partial charge in [0.1, 0.15) is 5.82 Å². The van der Waals surface area contributed by atoms with Crippen molar-refractivity contribution in [2.24, 2.45) is 0 Å². The Balaban J connectivity index is 1.28. The van der Waals surface area contributed by atoms with Crippen molar-refractivity contribution in [2.45, 2.75) is 6.54 Å². The number of fused-ring (bicyclic) bond motifs is 2. The van der Waals surface area contributed by atoms with Crippen molar-refractivity contribution in [3.8, 4) is 22.1 Å². The number of ether oxygens (including phenoxy) is 1. The second kappa shape index (κ2) is 9.91. The molecule has 186 valence electrons. The fourth-order valence-electron chi connectivity index (χ4n) is 4.38. The van der Waals surface area contributed by atoms with Crippen LogP contribution in [0.1, 0.15) is 26.3 Å². The van der Waals surface area contributed by atoms with E-state index in [-0.39, 0.29) is 23.7 Å². The summed E-state index contributed by atoms with van der Waals surface area (Å²) in [5.74, 6) is -0.789. The van der Waals surface area contributed by atoms with Gasteiger partial charge in [0.25, 0.3) is 11.8 Å². The number of nitrogens with one attached hydrogen (secondary N) is 1. The summed E-state index contributed by atoms with van der Waals surface area (Å²) in [5.41, 5.74) is 2.61. The molecule has 3 heterocycles. The maximum Gasteiger partial charge on any atom is 0.261 e. The van der Waals surface area contributed by atoms with Crippen LogP contribution in [-0.2, 0) is 6.54 Å². The molecule has 0 unspecified atom stereocenters. The summed E-state index contributed by atoms with van der Waals surface area (Å²) in [4.78, 5) is 33.4. The Hall–Kier alpha value is -4.82. The number of thiophene rings is 1. The first kappa shape index (κ1) is 23.6. The summed E-state index contributed by atoms with van der Waals surface area (Å²) in [6, 6.07) is 25.8. The molecule has 2 amide bonds. The number of carbonyl (C=O) groups excluding carboxylic acids is 2. The maximum absolute atomic E-state index is 15.3. The number of aromatic nitrogens is 1. The van der Waals surface area contributed by atoms with Crippen LogP contribution in [0.3, 0.4) is 0 Å². The maximum atomic E-state index is 15.3. The molecule has 0 radical (unpaired) electrons. The van der Waals surface area contributed by atoms with E-state index in [2.05, 4.69) is 10.3 Å². The van der Waals surface area contributed by atoms with Gasteiger partial charge in [-0.2, -0.15) is 0 Å². The van der Waals surface area contributed by atoms with Crippen LogP contribution in [0, 0.1) is 5.82 Å². The van der Waals surface area contributed by atoms with E-state index in [1.54, 1.807) is 48.7 Å². The molecule has 8 heteroatoms. The van der Waals surface area contributed by atoms with E-state index in [9.17, 15) is 9.59 Å². The predicted octanol–water partition coefficient (Wildman–Crippen LogP) is 7.15. The number of anilines is 2. The van der Waals surface area contributed by atoms with E-state index in [0.717, 1.165) is 16.5 Å². The fraction of sp³-hybridized carbons (Fsp3) is 0.0333. The molecule has 2 aromatic heterocycles. The monoisotopic (exact) mass is 521 g/mol. The third-order valence-corrected chi connectivity index (χ3v) is 7.11. The van der Waals surface area contributed by atoms with Gasteiger partial charge in [-0.1, -0.05) is 42.5 Å². The van der Waals surface area contributed by atoms with Crippen molar-refractivity contribution in [1.29, 1.82) is 0 Å². The Labute approximate surface area is 222 Å². The fourth-order valence-corrected chi connectivity index (χ4v) is 5.15. The van der Waals surface area contributed by atoms with Gasteiger partial charge in [0.2, 0.25) is 5.88 Å². The van der Waals surface area contributed by atoms with E-state index in [1.165, 1.54) is 28.4 Å². The molecule has 1 aliphatic heterocycles. The van der Waals surface area contributed by atoms with E-state index < -0.39 is 11.7 Å². The largest absolute Gasteiger partial charge is 0.436 e. The lowest BCUT2D eigenvalue weighted by atomic mass is 10.1. The summed E-state index contributed by atoms with van der Waals surface area (Å²) in [5, 5.41) is 4.70. The number of pyridine rings is 1. The molecule has 3 aromatic carbocycles. The molecule has 0 fully saturated rings. The molecule has 5 aromatic rings. The minimum atomic E-state index is -0.742. The molecular weight excluding hydrogens is 501 g/mol. The molecule has 1 N–H and O–H groups in total. The van der Waals surface area contributed by atoms with E-state index in [1.807, 2.05) is 35.7 Å². The minimum Gasteiger partial charge on any atom is -0.436 e. The average Bonchev–Trinajstić information content (AvgIpc) is 3.42. The SMILES string of the molecule is O=C(Nc1ccc(C(=O)N2Cc3cccnc3Oc3ccccc32)c(F)c1)c1ccccc1-c1cccs1. The molecule has 0 aliphatic carbocycles. The van der Waals surface area contributed by atoms with Crippen LogP contribution in [0.25, 0.3) is 10.4 Å². The molecular formula is C30H20FN3O3S. The molecule has 6 nitrogen and oxygen atoms in total. The highest BCUT2D eigenvalue weighted by Crippen LogP contribution is 2.38. The van der Waals surface area contributed by atoms with Crippen molar-refractivity contribution in [3.63, 3.8) is 0 Å². The van der Waals surface area contributed by atoms with Crippen molar-refractivity contribution in [2.75, 3.05) is 10.2 Å². The first-order valence-electron chi connectivity index (χ1n) is 11.8. The van der Waals surface area contributed by atoms with E-state index in [4.69, 9.17) is 4.74 Å².